The molecule has 144 valence electrons. The second kappa shape index (κ2) is 8.77. The van der Waals surface area contributed by atoms with Gasteiger partial charge in [-0.1, -0.05) is 35.9 Å². The van der Waals surface area contributed by atoms with Crippen molar-refractivity contribution in [1.29, 1.82) is 0 Å². The van der Waals surface area contributed by atoms with Crippen LogP contribution in [0.15, 0.2) is 42.5 Å². The Morgan fingerprint density at radius 1 is 1.22 bits per heavy atom. The Balaban J connectivity index is 1.59. The quantitative estimate of drug-likeness (QED) is 0.697. The summed E-state index contributed by atoms with van der Waals surface area (Å²) >= 11 is 5.97. The molecule has 1 atom stereocenters. The first-order valence-corrected chi connectivity index (χ1v) is 9.66. The highest BCUT2D eigenvalue weighted by Gasteiger charge is 2.35. The topological polar surface area (TPSA) is 47.6 Å². The molecule has 1 heterocycles. The van der Waals surface area contributed by atoms with Gasteiger partial charge in [0.15, 0.2) is 0 Å². The summed E-state index contributed by atoms with van der Waals surface area (Å²) in [5.41, 5.74) is 3.09. The number of fused-ring (bicyclic) bond motifs is 1. The minimum atomic E-state index is -0.281. The van der Waals surface area contributed by atoms with E-state index in [4.69, 9.17) is 21.1 Å². The first-order valence-electron chi connectivity index (χ1n) is 9.28. The lowest BCUT2D eigenvalue weighted by atomic mass is 9.91. The zero-order valence-electron chi connectivity index (χ0n) is 15.9. The van der Waals surface area contributed by atoms with Gasteiger partial charge < -0.3 is 14.8 Å². The van der Waals surface area contributed by atoms with E-state index in [1.54, 1.807) is 7.11 Å². The fraction of sp³-hybridized carbons (Fsp3) is 0.409. The molecular weight excluding hydrogens is 362 g/mol. The number of rotatable bonds is 8. The molecule has 0 bridgehead atoms. The number of benzene rings is 2. The minimum Gasteiger partial charge on any atom is -0.487 e. The zero-order chi connectivity index (χ0) is 19.3. The van der Waals surface area contributed by atoms with E-state index in [0.717, 1.165) is 41.2 Å². The van der Waals surface area contributed by atoms with Crippen molar-refractivity contribution in [3.8, 4) is 5.75 Å². The van der Waals surface area contributed by atoms with Crippen molar-refractivity contribution in [1.82, 2.24) is 5.32 Å². The number of carbonyl (C=O) groups excluding carboxylic acids is 1. The summed E-state index contributed by atoms with van der Waals surface area (Å²) in [5, 5.41) is 3.67. The van der Waals surface area contributed by atoms with E-state index in [0.29, 0.717) is 19.6 Å². The van der Waals surface area contributed by atoms with Crippen LogP contribution >= 0.6 is 11.6 Å². The normalized spacial score (nSPS) is 18.0. The number of nitrogens with one attached hydrogen (secondary N) is 1. The Morgan fingerprint density at radius 2 is 1.96 bits per heavy atom. The third-order valence-corrected chi connectivity index (χ3v) is 5.00. The highest BCUT2D eigenvalue weighted by atomic mass is 35.5. The van der Waals surface area contributed by atoms with Crippen LogP contribution in [0.25, 0.3) is 0 Å². The van der Waals surface area contributed by atoms with E-state index in [-0.39, 0.29) is 11.5 Å². The van der Waals surface area contributed by atoms with E-state index in [9.17, 15) is 4.79 Å². The summed E-state index contributed by atoms with van der Waals surface area (Å²) in [6.07, 6.45) is 2.85. The summed E-state index contributed by atoms with van der Waals surface area (Å²) in [5.74, 6) is 0.949. The molecule has 4 nitrogen and oxygen atoms in total. The number of amides is 1. The predicted octanol–water partition coefficient (Wildman–Crippen LogP) is 3.97. The fourth-order valence-electron chi connectivity index (χ4n) is 3.51. The molecule has 1 aliphatic rings. The summed E-state index contributed by atoms with van der Waals surface area (Å²) in [7, 11) is 1.66. The van der Waals surface area contributed by atoms with E-state index in [1.807, 2.05) is 36.4 Å². The fourth-order valence-corrected chi connectivity index (χ4v) is 3.64. The second-order valence-electron chi connectivity index (χ2n) is 7.35. The highest BCUT2D eigenvalue weighted by Crippen LogP contribution is 2.37. The van der Waals surface area contributed by atoms with Crippen LogP contribution in [-0.2, 0) is 28.8 Å². The van der Waals surface area contributed by atoms with E-state index in [1.165, 1.54) is 5.56 Å². The highest BCUT2D eigenvalue weighted by molar-refractivity contribution is 6.30. The van der Waals surface area contributed by atoms with Crippen LogP contribution in [-0.4, -0.2) is 31.8 Å². The summed E-state index contributed by atoms with van der Waals surface area (Å²) in [6, 6.07) is 13.9. The number of hydrogen-bond acceptors (Lipinski definition) is 3. The minimum absolute atomic E-state index is 0.0360. The molecule has 3 rings (SSSR count). The maximum absolute atomic E-state index is 12.1. The van der Waals surface area contributed by atoms with Crippen molar-refractivity contribution >= 4 is 17.5 Å². The van der Waals surface area contributed by atoms with Crippen molar-refractivity contribution in [3.05, 3.63) is 64.2 Å². The molecule has 0 radical (unpaired) electrons. The molecule has 2 aromatic carbocycles. The van der Waals surface area contributed by atoms with Gasteiger partial charge in [0.05, 0.1) is 6.42 Å². The summed E-state index contributed by atoms with van der Waals surface area (Å²) in [6.45, 7) is 3.42. The number of halogens is 1. The molecule has 1 unspecified atom stereocenters. The second-order valence-corrected chi connectivity index (χ2v) is 7.78. The number of hydrogen-bond donors (Lipinski definition) is 1. The van der Waals surface area contributed by atoms with Gasteiger partial charge >= 0.3 is 0 Å². The molecule has 1 N–H and O–H groups in total. The molecular formula is C22H26ClNO3. The monoisotopic (exact) mass is 387 g/mol. The van der Waals surface area contributed by atoms with Gasteiger partial charge in [-0.2, -0.15) is 0 Å². The van der Waals surface area contributed by atoms with Crippen LogP contribution in [0.1, 0.15) is 30.0 Å². The lowest BCUT2D eigenvalue weighted by molar-refractivity contribution is -0.120. The van der Waals surface area contributed by atoms with Gasteiger partial charge in [-0.25, -0.2) is 0 Å². The third kappa shape index (κ3) is 5.47. The van der Waals surface area contributed by atoms with Crippen molar-refractivity contribution in [2.75, 3.05) is 20.3 Å². The SMILES string of the molecule is COCCCNC(=O)Cc1ccc2c(c1)CC(C)(Cc1ccc(Cl)cc1)O2. The molecule has 2 aromatic rings. The molecule has 1 amide bonds. The lowest BCUT2D eigenvalue weighted by Crippen LogP contribution is -2.32. The Labute approximate surface area is 165 Å². The van der Waals surface area contributed by atoms with Gasteiger partial charge in [0.2, 0.25) is 5.91 Å². The van der Waals surface area contributed by atoms with Crippen molar-refractivity contribution in [2.24, 2.45) is 0 Å². The summed E-state index contributed by atoms with van der Waals surface area (Å²) in [4.78, 5) is 12.1. The first-order chi connectivity index (χ1) is 13.0. The molecule has 27 heavy (non-hydrogen) atoms. The molecule has 0 fully saturated rings. The van der Waals surface area contributed by atoms with Crippen LogP contribution < -0.4 is 10.1 Å². The largest absolute Gasteiger partial charge is 0.487 e. The smallest absolute Gasteiger partial charge is 0.224 e. The molecule has 0 aliphatic carbocycles. The Kier molecular flexibility index (Phi) is 6.40. The first kappa shape index (κ1) is 19.7. The summed E-state index contributed by atoms with van der Waals surface area (Å²) < 4.78 is 11.2. The molecule has 0 aromatic heterocycles. The molecule has 0 saturated heterocycles. The Morgan fingerprint density at radius 3 is 2.70 bits per heavy atom. The average Bonchev–Trinajstić information content (AvgIpc) is 2.96. The van der Waals surface area contributed by atoms with Gasteiger partial charge in [0, 0.05) is 38.1 Å². The van der Waals surface area contributed by atoms with Crippen molar-refractivity contribution in [2.45, 2.75) is 38.2 Å². The van der Waals surface area contributed by atoms with Crippen LogP contribution in [0.3, 0.4) is 0 Å². The van der Waals surface area contributed by atoms with Crippen LogP contribution in [0.2, 0.25) is 5.02 Å². The van der Waals surface area contributed by atoms with Gasteiger partial charge in [0.25, 0.3) is 0 Å². The number of methoxy groups -OCH3 is 1. The van der Waals surface area contributed by atoms with Crippen molar-refractivity contribution in [3.63, 3.8) is 0 Å². The molecule has 1 aliphatic heterocycles. The molecule has 0 saturated carbocycles. The zero-order valence-corrected chi connectivity index (χ0v) is 16.6. The maximum Gasteiger partial charge on any atom is 0.224 e. The van der Waals surface area contributed by atoms with Gasteiger partial charge in [-0.15, -0.1) is 0 Å². The average molecular weight is 388 g/mol. The van der Waals surface area contributed by atoms with E-state index in [2.05, 4.69) is 18.3 Å². The number of ether oxygens (including phenoxy) is 2. The van der Waals surface area contributed by atoms with Crippen LogP contribution in [0, 0.1) is 0 Å². The van der Waals surface area contributed by atoms with Crippen molar-refractivity contribution < 1.29 is 14.3 Å². The van der Waals surface area contributed by atoms with Gasteiger partial charge in [-0.05, 0) is 48.2 Å². The lowest BCUT2D eigenvalue weighted by Gasteiger charge is -2.24. The van der Waals surface area contributed by atoms with Crippen LogP contribution in [0.5, 0.6) is 5.75 Å². The van der Waals surface area contributed by atoms with Crippen LogP contribution in [0.4, 0.5) is 0 Å². The number of carbonyl (C=O) groups is 1. The third-order valence-electron chi connectivity index (χ3n) is 4.75. The predicted molar refractivity (Wildman–Crippen MR) is 108 cm³/mol. The standard InChI is InChI=1S/C22H26ClNO3/c1-22(14-16-4-7-19(23)8-5-16)15-18-12-17(6-9-20(18)27-22)13-21(25)24-10-3-11-26-2/h4-9,12H,3,10-11,13-15H2,1-2H3,(H,24,25). The van der Waals surface area contributed by atoms with E-state index >= 15 is 0 Å². The van der Waals surface area contributed by atoms with Gasteiger partial charge in [-0.3, -0.25) is 4.79 Å². The molecule has 0 spiro atoms. The maximum atomic E-state index is 12.1. The van der Waals surface area contributed by atoms with E-state index < -0.39 is 0 Å². The Hall–Kier alpha value is -2.04. The molecule has 5 heteroatoms. The van der Waals surface area contributed by atoms with Gasteiger partial charge in [0.1, 0.15) is 11.4 Å². The Bertz CT molecular complexity index is 791.